The molecule has 6 heteroatoms. The predicted octanol–water partition coefficient (Wildman–Crippen LogP) is 3.30. The van der Waals surface area contributed by atoms with Gasteiger partial charge in [-0.25, -0.2) is 8.42 Å². The average Bonchev–Trinajstić information content (AvgIpc) is 2.41. The van der Waals surface area contributed by atoms with Gasteiger partial charge in [-0.2, -0.15) is 0 Å². The largest absolute Gasteiger partial charge is 0.389 e. The molecule has 0 bridgehead atoms. The van der Waals surface area contributed by atoms with Gasteiger partial charge in [0.1, 0.15) is 0 Å². The maximum absolute atomic E-state index is 12.3. The van der Waals surface area contributed by atoms with Crippen LogP contribution in [0.2, 0.25) is 0 Å². The molecule has 2 N–H and O–H groups in total. The summed E-state index contributed by atoms with van der Waals surface area (Å²) >= 11 is 3.29. The van der Waals surface area contributed by atoms with Crippen LogP contribution in [0.15, 0.2) is 57.9 Å². The van der Waals surface area contributed by atoms with Gasteiger partial charge in [-0.05, 0) is 52.7 Å². The van der Waals surface area contributed by atoms with Crippen LogP contribution in [0.5, 0.6) is 0 Å². The Bertz CT molecular complexity index is 714. The maximum atomic E-state index is 12.3. The highest BCUT2D eigenvalue weighted by Gasteiger charge is 2.16. The molecule has 0 radical (unpaired) electrons. The summed E-state index contributed by atoms with van der Waals surface area (Å²) in [5.41, 5.74) is 1.02. The second-order valence-electron chi connectivity index (χ2n) is 4.33. The van der Waals surface area contributed by atoms with Gasteiger partial charge in [0.15, 0.2) is 0 Å². The Morgan fingerprint density at radius 2 is 1.85 bits per heavy atom. The molecule has 0 amide bonds. The number of nitrogens with one attached hydrogen (secondary N) is 1. The zero-order chi connectivity index (χ0) is 14.8. The second-order valence-corrected chi connectivity index (χ2v) is 6.87. The van der Waals surface area contributed by atoms with Crippen molar-refractivity contribution in [3.8, 4) is 0 Å². The quantitative estimate of drug-likeness (QED) is 0.883. The minimum Gasteiger partial charge on any atom is -0.389 e. The topological polar surface area (TPSA) is 66.4 Å². The molecule has 0 aromatic heterocycles. The third-order valence-electron chi connectivity index (χ3n) is 2.77. The number of halogens is 1. The van der Waals surface area contributed by atoms with Gasteiger partial charge >= 0.3 is 0 Å². The van der Waals surface area contributed by atoms with Crippen LogP contribution in [-0.4, -0.2) is 13.5 Å². The lowest BCUT2D eigenvalue weighted by Crippen LogP contribution is -2.13. The Labute approximate surface area is 126 Å². The summed E-state index contributed by atoms with van der Waals surface area (Å²) in [5.74, 6) is 0. The van der Waals surface area contributed by atoms with Crippen LogP contribution in [0.1, 0.15) is 18.6 Å². The third kappa shape index (κ3) is 3.39. The number of sulfonamides is 1. The molecule has 2 aromatic carbocycles. The number of hydrogen-bond acceptors (Lipinski definition) is 3. The van der Waals surface area contributed by atoms with Crippen molar-refractivity contribution in [2.24, 2.45) is 0 Å². The zero-order valence-corrected chi connectivity index (χ0v) is 13.1. The standard InChI is InChI=1S/C14H14BrNO3S/c1-10(17)11-5-4-6-12(9-11)20(18,19)16-14-8-3-2-7-13(14)15/h2-10,16-17H,1H3. The average molecular weight is 356 g/mol. The first-order valence-electron chi connectivity index (χ1n) is 5.95. The minimum atomic E-state index is -3.68. The van der Waals surface area contributed by atoms with E-state index in [0.717, 1.165) is 0 Å². The van der Waals surface area contributed by atoms with Gasteiger partial charge in [-0.3, -0.25) is 4.72 Å². The molecule has 0 aliphatic carbocycles. The highest BCUT2D eigenvalue weighted by molar-refractivity contribution is 9.10. The molecule has 2 rings (SSSR count). The van der Waals surface area contributed by atoms with Crippen LogP contribution in [0.25, 0.3) is 0 Å². The van der Waals surface area contributed by atoms with Gasteiger partial charge in [0, 0.05) is 4.47 Å². The third-order valence-corrected chi connectivity index (χ3v) is 4.82. The number of anilines is 1. The van der Waals surface area contributed by atoms with Gasteiger partial charge in [0.05, 0.1) is 16.7 Å². The Balaban J connectivity index is 2.36. The first-order valence-corrected chi connectivity index (χ1v) is 8.23. The van der Waals surface area contributed by atoms with Crippen LogP contribution in [0.3, 0.4) is 0 Å². The SMILES string of the molecule is CC(O)c1cccc(S(=O)(=O)Nc2ccccc2Br)c1. The molecule has 0 aliphatic heterocycles. The van der Waals surface area contributed by atoms with E-state index in [1.807, 2.05) is 0 Å². The van der Waals surface area contributed by atoms with Crippen molar-refractivity contribution < 1.29 is 13.5 Å². The van der Waals surface area contributed by atoms with Crippen LogP contribution < -0.4 is 4.72 Å². The monoisotopic (exact) mass is 355 g/mol. The van der Waals surface area contributed by atoms with E-state index in [-0.39, 0.29) is 4.90 Å². The lowest BCUT2D eigenvalue weighted by atomic mass is 10.1. The van der Waals surface area contributed by atoms with Crippen molar-refractivity contribution >= 4 is 31.6 Å². The van der Waals surface area contributed by atoms with Crippen molar-refractivity contribution in [3.05, 3.63) is 58.6 Å². The Hall–Kier alpha value is -1.37. The minimum absolute atomic E-state index is 0.117. The van der Waals surface area contributed by atoms with E-state index in [1.54, 1.807) is 43.3 Å². The molecular formula is C14H14BrNO3S. The summed E-state index contributed by atoms with van der Waals surface area (Å²) in [6.07, 6.45) is -0.714. The van der Waals surface area contributed by atoms with E-state index in [1.165, 1.54) is 12.1 Å². The van der Waals surface area contributed by atoms with Gasteiger partial charge in [0.2, 0.25) is 0 Å². The lowest BCUT2D eigenvalue weighted by Gasteiger charge is -2.11. The molecule has 0 spiro atoms. The molecule has 0 heterocycles. The number of para-hydroxylation sites is 1. The molecule has 0 saturated heterocycles. The van der Waals surface area contributed by atoms with Gasteiger partial charge in [-0.15, -0.1) is 0 Å². The van der Waals surface area contributed by atoms with E-state index in [0.29, 0.717) is 15.7 Å². The van der Waals surface area contributed by atoms with Gasteiger partial charge < -0.3 is 5.11 Å². The molecular weight excluding hydrogens is 342 g/mol. The van der Waals surface area contributed by atoms with Crippen LogP contribution in [0.4, 0.5) is 5.69 Å². The molecule has 1 unspecified atom stereocenters. The number of hydrogen-bond donors (Lipinski definition) is 2. The van der Waals surface area contributed by atoms with Crippen molar-refractivity contribution in [1.82, 2.24) is 0 Å². The van der Waals surface area contributed by atoms with E-state index in [9.17, 15) is 13.5 Å². The Morgan fingerprint density at radius 3 is 2.50 bits per heavy atom. The molecule has 20 heavy (non-hydrogen) atoms. The second kappa shape index (κ2) is 5.95. The summed E-state index contributed by atoms with van der Waals surface area (Å²) < 4.78 is 27.8. The number of rotatable bonds is 4. The highest BCUT2D eigenvalue weighted by Crippen LogP contribution is 2.25. The summed E-state index contributed by atoms with van der Waals surface area (Å²) in [5, 5.41) is 9.52. The fourth-order valence-electron chi connectivity index (χ4n) is 1.69. The fraction of sp³-hybridized carbons (Fsp3) is 0.143. The van der Waals surface area contributed by atoms with Crippen molar-refractivity contribution in [1.29, 1.82) is 0 Å². The van der Waals surface area contributed by atoms with E-state index < -0.39 is 16.1 Å². The summed E-state index contributed by atoms with van der Waals surface area (Å²) in [6.45, 7) is 1.59. The van der Waals surface area contributed by atoms with Gasteiger partial charge in [0.25, 0.3) is 10.0 Å². The smallest absolute Gasteiger partial charge is 0.261 e. The Kier molecular flexibility index (Phi) is 4.47. The molecule has 2 aromatic rings. The van der Waals surface area contributed by atoms with Crippen LogP contribution >= 0.6 is 15.9 Å². The van der Waals surface area contributed by atoms with Crippen molar-refractivity contribution in [2.75, 3.05) is 4.72 Å². The molecule has 1 atom stereocenters. The molecule has 4 nitrogen and oxygen atoms in total. The number of benzene rings is 2. The summed E-state index contributed by atoms with van der Waals surface area (Å²) in [6, 6.07) is 13.2. The number of aliphatic hydroxyl groups is 1. The zero-order valence-electron chi connectivity index (χ0n) is 10.7. The lowest BCUT2D eigenvalue weighted by molar-refractivity contribution is 0.199. The highest BCUT2D eigenvalue weighted by atomic mass is 79.9. The van der Waals surface area contributed by atoms with Crippen LogP contribution in [0, 0.1) is 0 Å². The molecule has 0 fully saturated rings. The first-order chi connectivity index (χ1) is 9.40. The summed E-state index contributed by atoms with van der Waals surface area (Å²) in [7, 11) is -3.68. The first kappa shape index (κ1) is 15.0. The van der Waals surface area contributed by atoms with E-state index in [2.05, 4.69) is 20.7 Å². The van der Waals surface area contributed by atoms with Crippen molar-refractivity contribution in [3.63, 3.8) is 0 Å². The number of aliphatic hydroxyl groups excluding tert-OH is 1. The van der Waals surface area contributed by atoms with Crippen molar-refractivity contribution in [2.45, 2.75) is 17.9 Å². The van der Waals surface area contributed by atoms with E-state index in [4.69, 9.17) is 0 Å². The maximum Gasteiger partial charge on any atom is 0.261 e. The predicted molar refractivity (Wildman–Crippen MR) is 82.0 cm³/mol. The summed E-state index contributed by atoms with van der Waals surface area (Å²) in [4.78, 5) is 0.117. The Morgan fingerprint density at radius 1 is 1.15 bits per heavy atom. The molecule has 0 aliphatic rings. The van der Waals surface area contributed by atoms with Crippen LogP contribution in [-0.2, 0) is 10.0 Å². The van der Waals surface area contributed by atoms with E-state index >= 15 is 0 Å². The van der Waals surface area contributed by atoms with Gasteiger partial charge in [-0.1, -0.05) is 24.3 Å². The normalized spacial score (nSPS) is 12.9. The molecule has 0 saturated carbocycles. The molecule has 106 valence electrons. The fourth-order valence-corrected chi connectivity index (χ4v) is 3.34.